The molecule has 0 radical (unpaired) electrons. The van der Waals surface area contributed by atoms with Gasteiger partial charge in [-0.15, -0.1) is 0 Å². The van der Waals surface area contributed by atoms with Crippen molar-refractivity contribution in [3.8, 4) is 11.1 Å². The fraction of sp³-hybridized carbons (Fsp3) is 0.455. The summed E-state index contributed by atoms with van der Waals surface area (Å²) in [7, 11) is -2.40. The number of rotatable bonds is 6. The minimum absolute atomic E-state index is 0.108. The number of esters is 1. The van der Waals surface area contributed by atoms with Gasteiger partial charge in [-0.2, -0.15) is 13.9 Å². The number of hydrogen-bond donors (Lipinski definition) is 1. The Hall–Kier alpha value is -2.45. The molecule has 1 aromatic carbocycles. The molecule has 1 aliphatic rings. The first-order chi connectivity index (χ1) is 15.1. The number of carbonyl (C=O) groups is 1. The molecule has 0 amide bonds. The summed E-state index contributed by atoms with van der Waals surface area (Å²) in [5.41, 5.74) is 1.19. The van der Waals surface area contributed by atoms with Gasteiger partial charge in [-0.1, -0.05) is 26.0 Å². The van der Waals surface area contributed by atoms with Crippen LogP contribution in [0, 0.1) is 29.4 Å². The first-order valence-electron chi connectivity index (χ1n) is 10.4. The summed E-state index contributed by atoms with van der Waals surface area (Å²) >= 11 is 0. The van der Waals surface area contributed by atoms with Gasteiger partial charge in [-0.25, -0.2) is 4.79 Å². The van der Waals surface area contributed by atoms with Crippen molar-refractivity contribution in [3.05, 3.63) is 51.3 Å². The zero-order valence-corrected chi connectivity index (χ0v) is 19.8. The van der Waals surface area contributed by atoms with Gasteiger partial charge in [0.2, 0.25) is 5.30 Å². The van der Waals surface area contributed by atoms with Crippen LogP contribution in [0.5, 0.6) is 0 Å². The predicted molar refractivity (Wildman–Crippen MR) is 121 cm³/mol. The summed E-state index contributed by atoms with van der Waals surface area (Å²) in [6.07, 6.45) is 1.64. The number of aromatic nitrogens is 1. The quantitative estimate of drug-likeness (QED) is 0.291. The van der Waals surface area contributed by atoms with Gasteiger partial charge < -0.3 is 4.74 Å². The lowest BCUT2D eigenvalue weighted by atomic mass is 9.84. The molecule has 1 aromatic heterocycles. The van der Waals surface area contributed by atoms with E-state index < -0.39 is 18.8 Å². The maximum absolute atomic E-state index is 12.7. The molecule has 1 aliphatic heterocycles. The van der Waals surface area contributed by atoms with Crippen molar-refractivity contribution in [2.75, 3.05) is 20.3 Å². The second kappa shape index (κ2) is 9.19. The summed E-state index contributed by atoms with van der Waals surface area (Å²) < 4.78 is 17.0. The van der Waals surface area contributed by atoms with Crippen LogP contribution >= 0.6 is 7.94 Å². The molecule has 2 aromatic rings. The number of hydrogen-bond acceptors (Lipinski definition) is 8. The lowest BCUT2D eigenvalue weighted by Gasteiger charge is -2.36. The summed E-state index contributed by atoms with van der Waals surface area (Å²) in [5, 5.41) is 11.6. The SMILES string of the molecule is CCC1(CC)CO[P+](O)(c2c(C)nc(C)c(C(=O)OC)c2-c2cccc([N+](=O)[O-])c2)OC1. The second-order valence-corrected chi connectivity index (χ2v) is 9.96. The average Bonchev–Trinajstić information content (AvgIpc) is 2.79. The Kier molecular flexibility index (Phi) is 6.95. The lowest BCUT2D eigenvalue weighted by Crippen LogP contribution is -2.39. The van der Waals surface area contributed by atoms with E-state index in [2.05, 4.69) is 4.98 Å². The summed E-state index contributed by atoms with van der Waals surface area (Å²) in [4.78, 5) is 39.7. The van der Waals surface area contributed by atoms with Crippen LogP contribution in [0.4, 0.5) is 5.69 Å². The molecule has 1 fully saturated rings. The van der Waals surface area contributed by atoms with E-state index in [1.807, 2.05) is 13.8 Å². The number of nitrogens with zero attached hydrogens (tertiary/aromatic N) is 2. The highest BCUT2D eigenvalue weighted by Crippen LogP contribution is 2.63. The third-order valence-corrected chi connectivity index (χ3v) is 8.21. The molecule has 0 aliphatic carbocycles. The molecule has 32 heavy (non-hydrogen) atoms. The predicted octanol–water partition coefficient (Wildman–Crippen LogP) is 4.29. The van der Waals surface area contributed by atoms with Crippen molar-refractivity contribution in [1.82, 2.24) is 4.98 Å². The van der Waals surface area contributed by atoms with Crippen LogP contribution in [0.3, 0.4) is 0 Å². The van der Waals surface area contributed by atoms with E-state index in [9.17, 15) is 19.8 Å². The molecular formula is C22H28N2O7P+. The van der Waals surface area contributed by atoms with Crippen molar-refractivity contribution in [1.29, 1.82) is 0 Å². The zero-order valence-electron chi connectivity index (χ0n) is 18.9. The number of benzene rings is 1. The van der Waals surface area contributed by atoms with Gasteiger partial charge in [-0.05, 0) is 32.3 Å². The van der Waals surface area contributed by atoms with E-state index in [-0.39, 0.29) is 27.5 Å². The van der Waals surface area contributed by atoms with Crippen LogP contribution < -0.4 is 5.30 Å². The van der Waals surface area contributed by atoms with E-state index in [1.165, 1.54) is 25.3 Å². The number of nitro benzene ring substituents is 1. The highest BCUT2D eigenvalue weighted by Gasteiger charge is 2.56. The topological polar surface area (TPSA) is 121 Å². The van der Waals surface area contributed by atoms with Crippen molar-refractivity contribution in [2.45, 2.75) is 40.5 Å². The molecule has 1 saturated heterocycles. The molecule has 0 unspecified atom stereocenters. The summed E-state index contributed by atoms with van der Waals surface area (Å²) in [6, 6.07) is 5.86. The minimum atomic E-state index is -3.64. The van der Waals surface area contributed by atoms with E-state index in [0.717, 1.165) is 12.8 Å². The first kappa shape index (κ1) is 24.2. The molecular weight excluding hydrogens is 435 g/mol. The van der Waals surface area contributed by atoms with Crippen molar-refractivity contribution >= 4 is 24.9 Å². The largest absolute Gasteiger partial charge is 0.465 e. The van der Waals surface area contributed by atoms with E-state index in [4.69, 9.17) is 13.8 Å². The van der Waals surface area contributed by atoms with Crippen molar-refractivity contribution in [2.24, 2.45) is 5.41 Å². The number of carbonyl (C=O) groups excluding carboxylic acids is 1. The maximum atomic E-state index is 12.7. The molecule has 0 saturated carbocycles. The Balaban J connectivity index is 2.29. The molecule has 0 spiro atoms. The van der Waals surface area contributed by atoms with Gasteiger partial charge >= 0.3 is 13.9 Å². The van der Waals surface area contributed by atoms with Gasteiger partial charge in [-0.3, -0.25) is 15.1 Å². The third-order valence-electron chi connectivity index (χ3n) is 6.14. The molecule has 9 nitrogen and oxygen atoms in total. The van der Waals surface area contributed by atoms with E-state index in [0.29, 0.717) is 30.2 Å². The lowest BCUT2D eigenvalue weighted by molar-refractivity contribution is -0.384. The molecule has 0 atom stereocenters. The molecule has 0 bridgehead atoms. The number of ether oxygens (including phenoxy) is 1. The van der Waals surface area contributed by atoms with E-state index >= 15 is 0 Å². The van der Waals surface area contributed by atoms with Crippen LogP contribution in [0.15, 0.2) is 24.3 Å². The summed E-state index contributed by atoms with van der Waals surface area (Å²) in [5.74, 6) is -0.669. The fourth-order valence-corrected chi connectivity index (χ4v) is 6.12. The molecule has 10 heteroatoms. The number of non-ortho nitro benzene ring substituents is 1. The number of nitro groups is 1. The normalized spacial score (nSPS) is 17.1. The van der Waals surface area contributed by atoms with Crippen LogP contribution in [0.2, 0.25) is 0 Å². The molecule has 1 N–H and O–H groups in total. The Morgan fingerprint density at radius 2 is 1.88 bits per heavy atom. The molecule has 2 heterocycles. The number of methoxy groups -OCH3 is 1. The number of aryl methyl sites for hydroxylation is 2. The highest BCUT2D eigenvalue weighted by molar-refractivity contribution is 7.69. The van der Waals surface area contributed by atoms with Crippen molar-refractivity contribution in [3.63, 3.8) is 0 Å². The third kappa shape index (κ3) is 4.26. The second-order valence-electron chi connectivity index (χ2n) is 7.95. The Bertz CT molecular complexity index is 1040. The maximum Gasteiger partial charge on any atom is 0.448 e. The van der Waals surface area contributed by atoms with Gasteiger partial charge in [0.25, 0.3) is 5.69 Å². The van der Waals surface area contributed by atoms with Gasteiger partial charge in [0.1, 0.15) is 13.2 Å². The van der Waals surface area contributed by atoms with Crippen LogP contribution in [0.25, 0.3) is 11.1 Å². The van der Waals surface area contributed by atoms with Gasteiger partial charge in [0.05, 0.1) is 34.5 Å². The van der Waals surface area contributed by atoms with Crippen LogP contribution in [0.1, 0.15) is 48.4 Å². The zero-order chi connectivity index (χ0) is 23.7. The van der Waals surface area contributed by atoms with Crippen LogP contribution in [-0.4, -0.2) is 41.1 Å². The first-order valence-corrected chi connectivity index (χ1v) is 11.9. The molecule has 3 rings (SSSR count). The van der Waals surface area contributed by atoms with Gasteiger partial charge in [0.15, 0.2) is 0 Å². The molecule has 172 valence electrons. The Morgan fingerprint density at radius 3 is 2.41 bits per heavy atom. The highest BCUT2D eigenvalue weighted by atomic mass is 31.2. The standard InChI is InChI=1S/C22H28N2O7P/c1-6-22(7-2)12-30-32(28,31-13-22)20-15(4)23-14(3)18(21(25)29-5)19(20)16-9-8-10-17(11-16)24(26)27/h8-11,28H,6-7,12-13H2,1-5H3/q+1. The average molecular weight is 463 g/mol. The minimum Gasteiger partial charge on any atom is -0.465 e. The number of pyridine rings is 1. The van der Waals surface area contributed by atoms with Gasteiger partial charge in [0, 0.05) is 17.5 Å². The smallest absolute Gasteiger partial charge is 0.448 e. The summed E-state index contributed by atoms with van der Waals surface area (Å²) in [6.45, 7) is 8.01. The Morgan fingerprint density at radius 1 is 1.25 bits per heavy atom. The van der Waals surface area contributed by atoms with Crippen molar-refractivity contribution < 1.29 is 28.4 Å². The van der Waals surface area contributed by atoms with Crippen LogP contribution in [-0.2, 0) is 13.8 Å². The Labute approximate surface area is 187 Å². The van der Waals surface area contributed by atoms with E-state index in [1.54, 1.807) is 19.9 Å². The fourth-order valence-electron chi connectivity index (χ4n) is 3.91. The monoisotopic (exact) mass is 463 g/mol.